The van der Waals surface area contributed by atoms with Crippen LogP contribution in [0, 0.1) is 16.7 Å². The maximum atomic E-state index is 9.12. The van der Waals surface area contributed by atoms with Crippen molar-refractivity contribution in [1.29, 1.82) is 5.26 Å². The first-order valence-corrected chi connectivity index (χ1v) is 6.35. The molecule has 0 amide bonds. The van der Waals surface area contributed by atoms with Gasteiger partial charge in [-0.2, -0.15) is 5.26 Å². The van der Waals surface area contributed by atoms with E-state index < -0.39 is 0 Å². The number of phenolic OH excluding ortho intramolecular Hbond substituents is 1. The summed E-state index contributed by atoms with van der Waals surface area (Å²) in [7, 11) is 0. The van der Waals surface area contributed by atoms with Crippen molar-refractivity contribution in [3.05, 3.63) is 24.3 Å². The summed E-state index contributed by atoms with van der Waals surface area (Å²) >= 11 is 1.76. The zero-order chi connectivity index (χ0) is 12.0. The van der Waals surface area contributed by atoms with E-state index in [-0.39, 0.29) is 5.41 Å². The Morgan fingerprint density at radius 3 is 2.50 bits per heavy atom. The first-order valence-electron chi connectivity index (χ1n) is 5.36. The van der Waals surface area contributed by atoms with Crippen LogP contribution in [0.3, 0.4) is 0 Å². The molecule has 2 nitrogen and oxygen atoms in total. The van der Waals surface area contributed by atoms with E-state index in [0.717, 1.165) is 23.5 Å². The summed E-state index contributed by atoms with van der Waals surface area (Å²) in [6.45, 7) is 3.94. The van der Waals surface area contributed by atoms with Crippen molar-refractivity contribution in [2.24, 2.45) is 5.41 Å². The highest BCUT2D eigenvalue weighted by atomic mass is 32.2. The predicted octanol–water partition coefficient (Wildman–Crippen LogP) is 3.81. The molecule has 0 aliphatic carbocycles. The monoisotopic (exact) mass is 235 g/mol. The second-order valence-corrected chi connectivity index (χ2v) is 5.61. The fraction of sp³-hybridized carbons (Fsp3) is 0.462. The van der Waals surface area contributed by atoms with Gasteiger partial charge in [-0.3, -0.25) is 0 Å². The molecule has 0 radical (unpaired) electrons. The van der Waals surface area contributed by atoms with Crippen LogP contribution in [-0.2, 0) is 0 Å². The van der Waals surface area contributed by atoms with Crippen LogP contribution in [0.2, 0.25) is 0 Å². The number of hydrogen-bond donors (Lipinski definition) is 1. The number of benzene rings is 1. The van der Waals surface area contributed by atoms with Gasteiger partial charge in [0.2, 0.25) is 0 Å². The molecule has 1 aromatic rings. The third-order valence-electron chi connectivity index (χ3n) is 2.35. The van der Waals surface area contributed by atoms with Gasteiger partial charge in [0, 0.05) is 4.90 Å². The van der Waals surface area contributed by atoms with E-state index in [9.17, 15) is 0 Å². The minimum Gasteiger partial charge on any atom is -0.508 e. The molecule has 0 aliphatic heterocycles. The quantitative estimate of drug-likeness (QED) is 0.623. The molecule has 0 bridgehead atoms. The number of thioether (sulfide) groups is 1. The summed E-state index contributed by atoms with van der Waals surface area (Å²) < 4.78 is 0. The molecule has 1 aromatic carbocycles. The van der Waals surface area contributed by atoms with E-state index in [0.29, 0.717) is 5.75 Å². The molecule has 16 heavy (non-hydrogen) atoms. The molecule has 0 heterocycles. The molecule has 1 rings (SSSR count). The lowest BCUT2D eigenvalue weighted by Gasteiger charge is -2.13. The summed E-state index contributed by atoms with van der Waals surface area (Å²) in [5.74, 6) is 1.31. The Kier molecular flexibility index (Phi) is 4.70. The topological polar surface area (TPSA) is 44.0 Å². The van der Waals surface area contributed by atoms with Crippen LogP contribution in [0.15, 0.2) is 29.2 Å². The molecule has 1 N–H and O–H groups in total. The molecule has 3 heteroatoms. The van der Waals surface area contributed by atoms with Gasteiger partial charge in [0.15, 0.2) is 0 Å². The molecule has 0 fully saturated rings. The van der Waals surface area contributed by atoms with Gasteiger partial charge in [0.25, 0.3) is 0 Å². The third kappa shape index (κ3) is 4.59. The lowest BCUT2D eigenvalue weighted by atomic mass is 9.90. The van der Waals surface area contributed by atoms with E-state index in [1.165, 1.54) is 0 Å². The summed E-state index contributed by atoms with van der Waals surface area (Å²) in [5.41, 5.74) is -0.213. The van der Waals surface area contributed by atoms with Crippen LogP contribution in [0.25, 0.3) is 0 Å². The van der Waals surface area contributed by atoms with Crippen molar-refractivity contribution in [3.63, 3.8) is 0 Å². The Morgan fingerprint density at radius 1 is 1.31 bits per heavy atom. The Hall–Kier alpha value is -1.14. The lowest BCUT2D eigenvalue weighted by Crippen LogP contribution is -2.07. The van der Waals surface area contributed by atoms with Gasteiger partial charge in [0.1, 0.15) is 5.75 Å². The smallest absolute Gasteiger partial charge is 0.115 e. The number of rotatable bonds is 5. The Morgan fingerprint density at radius 2 is 1.94 bits per heavy atom. The molecule has 86 valence electrons. The van der Waals surface area contributed by atoms with Crippen LogP contribution >= 0.6 is 11.8 Å². The first kappa shape index (κ1) is 12.9. The molecule has 0 saturated heterocycles. The van der Waals surface area contributed by atoms with Crippen molar-refractivity contribution < 1.29 is 5.11 Å². The molecule has 0 unspecified atom stereocenters. The van der Waals surface area contributed by atoms with Crippen LogP contribution < -0.4 is 0 Å². The number of nitriles is 1. The van der Waals surface area contributed by atoms with Gasteiger partial charge in [0.05, 0.1) is 11.5 Å². The lowest BCUT2D eigenvalue weighted by molar-refractivity contribution is 0.448. The second-order valence-electron chi connectivity index (χ2n) is 4.44. The molecular weight excluding hydrogens is 218 g/mol. The van der Waals surface area contributed by atoms with Crippen molar-refractivity contribution in [3.8, 4) is 11.8 Å². The molecule has 0 atom stereocenters. The van der Waals surface area contributed by atoms with Gasteiger partial charge < -0.3 is 5.11 Å². The zero-order valence-electron chi connectivity index (χ0n) is 9.73. The Balaban J connectivity index is 2.27. The Bertz CT molecular complexity index is 365. The molecule has 0 aromatic heterocycles. The molecule has 0 aliphatic rings. The van der Waals surface area contributed by atoms with Crippen molar-refractivity contribution in [1.82, 2.24) is 0 Å². The van der Waals surface area contributed by atoms with E-state index in [1.807, 2.05) is 26.0 Å². The van der Waals surface area contributed by atoms with Crippen molar-refractivity contribution in [2.45, 2.75) is 31.6 Å². The predicted molar refractivity (Wildman–Crippen MR) is 67.5 cm³/mol. The summed E-state index contributed by atoms with van der Waals surface area (Å²) in [6.07, 6.45) is 1.96. The van der Waals surface area contributed by atoms with Gasteiger partial charge in [-0.05, 0) is 56.7 Å². The first-order chi connectivity index (χ1) is 7.53. The average Bonchev–Trinajstić information content (AvgIpc) is 2.27. The van der Waals surface area contributed by atoms with E-state index in [2.05, 4.69) is 6.07 Å². The minimum atomic E-state index is -0.213. The highest BCUT2D eigenvalue weighted by Gasteiger charge is 2.15. The van der Waals surface area contributed by atoms with Crippen LogP contribution in [0.1, 0.15) is 26.7 Å². The highest BCUT2D eigenvalue weighted by Crippen LogP contribution is 2.25. The van der Waals surface area contributed by atoms with Crippen LogP contribution in [-0.4, -0.2) is 10.9 Å². The molecule has 0 saturated carbocycles. The standard InChI is InChI=1S/C13H17NOS/c1-13(2,10-14)8-3-9-16-12-6-4-11(15)5-7-12/h4-7,15H,3,8-9H2,1-2H3. The average molecular weight is 235 g/mol. The summed E-state index contributed by atoms with van der Waals surface area (Å²) in [4.78, 5) is 1.16. The van der Waals surface area contributed by atoms with E-state index >= 15 is 0 Å². The normalized spacial score (nSPS) is 11.1. The Labute approximate surface area is 101 Å². The van der Waals surface area contributed by atoms with Gasteiger partial charge in [-0.25, -0.2) is 0 Å². The molecule has 0 spiro atoms. The van der Waals surface area contributed by atoms with Crippen LogP contribution in [0.5, 0.6) is 5.75 Å². The number of phenols is 1. The minimum absolute atomic E-state index is 0.213. The van der Waals surface area contributed by atoms with Gasteiger partial charge >= 0.3 is 0 Å². The van der Waals surface area contributed by atoms with E-state index in [1.54, 1.807) is 23.9 Å². The SMILES string of the molecule is CC(C)(C#N)CCCSc1ccc(O)cc1. The van der Waals surface area contributed by atoms with Crippen molar-refractivity contribution >= 4 is 11.8 Å². The van der Waals surface area contributed by atoms with Gasteiger partial charge in [-0.15, -0.1) is 11.8 Å². The summed E-state index contributed by atoms with van der Waals surface area (Å²) in [6, 6.07) is 9.52. The second kappa shape index (κ2) is 5.81. The number of aromatic hydroxyl groups is 1. The van der Waals surface area contributed by atoms with Crippen LogP contribution in [0.4, 0.5) is 0 Å². The van der Waals surface area contributed by atoms with E-state index in [4.69, 9.17) is 10.4 Å². The fourth-order valence-electron chi connectivity index (χ4n) is 1.30. The zero-order valence-corrected chi connectivity index (χ0v) is 10.5. The van der Waals surface area contributed by atoms with Gasteiger partial charge in [-0.1, -0.05) is 0 Å². The van der Waals surface area contributed by atoms with Crippen molar-refractivity contribution in [2.75, 3.05) is 5.75 Å². The number of nitrogens with zero attached hydrogens (tertiary/aromatic N) is 1. The fourth-order valence-corrected chi connectivity index (χ4v) is 2.16. The third-order valence-corrected chi connectivity index (χ3v) is 3.45. The maximum Gasteiger partial charge on any atom is 0.115 e. The maximum absolute atomic E-state index is 9.12. The number of hydrogen-bond acceptors (Lipinski definition) is 3. The highest BCUT2D eigenvalue weighted by molar-refractivity contribution is 7.99. The summed E-state index contributed by atoms with van der Waals surface area (Å²) in [5, 5.41) is 18.0. The molecular formula is C13H17NOS. The largest absolute Gasteiger partial charge is 0.508 e.